The Kier molecular flexibility index (Phi) is 5.63. The number of fused-ring (bicyclic) bond motifs is 1. The van der Waals surface area contributed by atoms with E-state index in [-0.39, 0.29) is 11.3 Å². The van der Waals surface area contributed by atoms with Crippen LogP contribution >= 0.6 is 11.6 Å². The number of aryl methyl sites for hydroxylation is 3. The Labute approximate surface area is 177 Å². The van der Waals surface area contributed by atoms with E-state index in [9.17, 15) is 9.59 Å². The number of nitrogens with zero attached hydrogens (tertiary/aromatic N) is 4. The first-order chi connectivity index (χ1) is 14.5. The van der Waals surface area contributed by atoms with Gasteiger partial charge in [-0.2, -0.15) is 5.10 Å². The highest BCUT2D eigenvalue weighted by atomic mass is 35.5. The minimum Gasteiger partial charge on any atom is -0.310 e. The zero-order valence-electron chi connectivity index (χ0n) is 16.4. The minimum absolute atomic E-state index is 0.137. The Hall–Kier alpha value is -3.45. The largest absolute Gasteiger partial charge is 0.310 e. The van der Waals surface area contributed by atoms with Gasteiger partial charge in [0, 0.05) is 24.7 Å². The maximum Gasteiger partial charge on any atom is 0.278 e. The molecule has 0 saturated heterocycles. The van der Waals surface area contributed by atoms with Gasteiger partial charge in [0.1, 0.15) is 5.69 Å². The van der Waals surface area contributed by atoms with E-state index in [1.54, 1.807) is 12.1 Å². The Morgan fingerprint density at radius 2 is 1.90 bits per heavy atom. The summed E-state index contributed by atoms with van der Waals surface area (Å²) in [6.45, 7) is 0.670. The van der Waals surface area contributed by atoms with Crippen LogP contribution in [0.2, 0.25) is 5.02 Å². The SMILES string of the molecule is Cn1nc(C(=O)Nc2nc3cc(Cl)ccc3n2CCCc2ccccc2)ccc1=O. The molecule has 0 radical (unpaired) electrons. The maximum absolute atomic E-state index is 12.7. The molecule has 152 valence electrons. The molecule has 4 aromatic rings. The highest BCUT2D eigenvalue weighted by molar-refractivity contribution is 6.31. The van der Waals surface area contributed by atoms with Crippen LogP contribution < -0.4 is 10.9 Å². The molecule has 0 atom stereocenters. The average Bonchev–Trinajstić information content (AvgIpc) is 3.07. The van der Waals surface area contributed by atoms with Crippen LogP contribution in [0.15, 0.2) is 65.5 Å². The lowest BCUT2D eigenvalue weighted by atomic mass is 10.1. The second-order valence-corrected chi connectivity index (χ2v) is 7.38. The number of anilines is 1. The maximum atomic E-state index is 12.7. The molecule has 4 rings (SSSR count). The van der Waals surface area contributed by atoms with Gasteiger partial charge in [-0.05, 0) is 42.7 Å². The molecule has 0 aliphatic heterocycles. The number of amides is 1. The number of hydrogen-bond acceptors (Lipinski definition) is 4. The number of carbonyl (C=O) groups is 1. The van der Waals surface area contributed by atoms with Crippen LogP contribution in [0.4, 0.5) is 5.95 Å². The summed E-state index contributed by atoms with van der Waals surface area (Å²) in [4.78, 5) is 28.8. The summed E-state index contributed by atoms with van der Waals surface area (Å²) in [5, 5.41) is 7.40. The fourth-order valence-electron chi connectivity index (χ4n) is 3.30. The Morgan fingerprint density at radius 1 is 1.10 bits per heavy atom. The monoisotopic (exact) mass is 421 g/mol. The summed E-state index contributed by atoms with van der Waals surface area (Å²) in [5.74, 6) is -0.0164. The van der Waals surface area contributed by atoms with E-state index < -0.39 is 5.91 Å². The molecule has 2 heterocycles. The van der Waals surface area contributed by atoms with Crippen molar-refractivity contribution in [2.45, 2.75) is 19.4 Å². The molecular weight excluding hydrogens is 402 g/mol. The number of benzene rings is 2. The third-order valence-corrected chi connectivity index (χ3v) is 5.05. The van der Waals surface area contributed by atoms with E-state index in [4.69, 9.17) is 11.6 Å². The smallest absolute Gasteiger partial charge is 0.278 e. The van der Waals surface area contributed by atoms with Crippen LogP contribution in [0, 0.1) is 0 Å². The summed E-state index contributed by atoms with van der Waals surface area (Å²) in [7, 11) is 1.50. The summed E-state index contributed by atoms with van der Waals surface area (Å²) in [6.07, 6.45) is 1.78. The molecule has 1 N–H and O–H groups in total. The van der Waals surface area contributed by atoms with Crippen molar-refractivity contribution >= 4 is 34.5 Å². The molecule has 2 aromatic carbocycles. The molecule has 0 unspecified atom stereocenters. The minimum atomic E-state index is -0.434. The van der Waals surface area contributed by atoms with E-state index >= 15 is 0 Å². The van der Waals surface area contributed by atoms with Gasteiger partial charge in [0.15, 0.2) is 0 Å². The van der Waals surface area contributed by atoms with Gasteiger partial charge in [0.05, 0.1) is 11.0 Å². The van der Waals surface area contributed by atoms with Crippen LogP contribution in [0.1, 0.15) is 22.5 Å². The summed E-state index contributed by atoms with van der Waals surface area (Å²) in [6, 6.07) is 18.4. The molecule has 0 aliphatic rings. The lowest BCUT2D eigenvalue weighted by molar-refractivity contribution is 0.101. The van der Waals surface area contributed by atoms with Gasteiger partial charge < -0.3 is 4.57 Å². The zero-order valence-corrected chi connectivity index (χ0v) is 17.1. The van der Waals surface area contributed by atoms with Crippen LogP contribution in [-0.4, -0.2) is 25.2 Å². The lowest BCUT2D eigenvalue weighted by Gasteiger charge is -2.10. The Bertz CT molecular complexity index is 1260. The third kappa shape index (κ3) is 4.26. The fourth-order valence-corrected chi connectivity index (χ4v) is 3.47. The van der Waals surface area contributed by atoms with Gasteiger partial charge in [0.2, 0.25) is 5.95 Å². The second kappa shape index (κ2) is 8.51. The topological polar surface area (TPSA) is 81.8 Å². The van der Waals surface area contributed by atoms with Gasteiger partial charge in [-0.15, -0.1) is 0 Å². The molecule has 0 spiro atoms. The first-order valence-electron chi connectivity index (χ1n) is 9.57. The predicted octanol–water partition coefficient (Wildman–Crippen LogP) is 3.67. The van der Waals surface area contributed by atoms with Gasteiger partial charge >= 0.3 is 0 Å². The Balaban J connectivity index is 1.60. The van der Waals surface area contributed by atoms with E-state index in [0.717, 1.165) is 23.0 Å². The molecule has 1 amide bonds. The van der Waals surface area contributed by atoms with E-state index in [1.165, 1.54) is 24.7 Å². The van der Waals surface area contributed by atoms with Crippen molar-refractivity contribution in [3.8, 4) is 0 Å². The first kappa shape index (κ1) is 19.8. The van der Waals surface area contributed by atoms with E-state index in [2.05, 4.69) is 27.5 Å². The highest BCUT2D eigenvalue weighted by Crippen LogP contribution is 2.24. The molecule has 0 aliphatic carbocycles. The highest BCUT2D eigenvalue weighted by Gasteiger charge is 2.16. The van der Waals surface area contributed by atoms with Crippen molar-refractivity contribution in [3.63, 3.8) is 0 Å². The number of aromatic nitrogens is 4. The number of nitrogens with one attached hydrogen (secondary N) is 1. The Morgan fingerprint density at radius 3 is 2.67 bits per heavy atom. The number of halogens is 1. The van der Waals surface area contributed by atoms with Crippen molar-refractivity contribution < 1.29 is 4.79 Å². The molecular formula is C22H20ClN5O2. The molecule has 0 fully saturated rings. The second-order valence-electron chi connectivity index (χ2n) is 6.94. The van der Waals surface area contributed by atoms with E-state index in [1.807, 2.05) is 28.8 Å². The molecule has 2 aromatic heterocycles. The molecule has 30 heavy (non-hydrogen) atoms. The van der Waals surface area contributed by atoms with Gasteiger partial charge in [-0.3, -0.25) is 14.9 Å². The zero-order chi connectivity index (χ0) is 21.1. The van der Waals surface area contributed by atoms with Crippen molar-refractivity contribution in [1.82, 2.24) is 19.3 Å². The van der Waals surface area contributed by atoms with Crippen LogP contribution in [0.3, 0.4) is 0 Å². The number of carbonyl (C=O) groups excluding carboxylic acids is 1. The molecule has 7 nitrogen and oxygen atoms in total. The standard InChI is InChI=1S/C22H20ClN5O2/c1-27-20(29)12-10-17(26-27)21(30)25-22-24-18-14-16(23)9-11-19(18)28(22)13-5-8-15-6-3-2-4-7-15/h2-4,6-7,9-12,14H,5,8,13H2,1H3,(H,24,25,30). The number of imidazole rings is 1. The summed E-state index contributed by atoms with van der Waals surface area (Å²) in [5.41, 5.74) is 2.69. The third-order valence-electron chi connectivity index (χ3n) is 4.82. The number of rotatable bonds is 6. The molecule has 0 saturated carbocycles. The van der Waals surface area contributed by atoms with Gasteiger partial charge in [0.25, 0.3) is 11.5 Å². The average molecular weight is 422 g/mol. The summed E-state index contributed by atoms with van der Waals surface area (Å²) < 4.78 is 3.09. The van der Waals surface area contributed by atoms with Crippen molar-refractivity contribution in [3.05, 3.63) is 87.3 Å². The normalized spacial score (nSPS) is 11.0. The van der Waals surface area contributed by atoms with Crippen LogP contribution in [-0.2, 0) is 20.0 Å². The van der Waals surface area contributed by atoms with Crippen molar-refractivity contribution in [1.29, 1.82) is 0 Å². The van der Waals surface area contributed by atoms with Crippen LogP contribution in [0.5, 0.6) is 0 Å². The number of hydrogen-bond donors (Lipinski definition) is 1. The molecule has 0 bridgehead atoms. The van der Waals surface area contributed by atoms with Crippen molar-refractivity contribution in [2.75, 3.05) is 5.32 Å². The quantitative estimate of drug-likeness (QED) is 0.515. The first-order valence-corrected chi connectivity index (χ1v) is 9.94. The van der Waals surface area contributed by atoms with Gasteiger partial charge in [-0.1, -0.05) is 41.9 Å². The van der Waals surface area contributed by atoms with Gasteiger partial charge in [-0.25, -0.2) is 9.67 Å². The predicted molar refractivity (Wildman–Crippen MR) is 117 cm³/mol. The van der Waals surface area contributed by atoms with E-state index in [0.29, 0.717) is 23.0 Å². The summed E-state index contributed by atoms with van der Waals surface area (Å²) >= 11 is 6.12. The van der Waals surface area contributed by atoms with Crippen molar-refractivity contribution in [2.24, 2.45) is 7.05 Å². The molecule has 8 heteroatoms. The lowest BCUT2D eigenvalue weighted by Crippen LogP contribution is -2.24. The fraction of sp³-hybridized carbons (Fsp3) is 0.182. The van der Waals surface area contributed by atoms with Crippen LogP contribution in [0.25, 0.3) is 11.0 Å².